The molecular formula is C26H19FN2O3. The third-order valence-electron chi connectivity index (χ3n) is 4.89. The smallest absolute Gasteiger partial charge is 0.343 e. The van der Waals surface area contributed by atoms with E-state index >= 15 is 0 Å². The summed E-state index contributed by atoms with van der Waals surface area (Å²) in [6.45, 7) is 1.94. The van der Waals surface area contributed by atoms with E-state index in [2.05, 4.69) is 10.5 Å². The first-order valence-corrected chi connectivity index (χ1v) is 9.91. The third kappa shape index (κ3) is 4.70. The van der Waals surface area contributed by atoms with E-state index in [1.165, 1.54) is 30.5 Å². The molecule has 0 unspecified atom stereocenters. The Balaban J connectivity index is 1.62. The van der Waals surface area contributed by atoms with Gasteiger partial charge in [-0.05, 0) is 60.2 Å². The molecule has 1 amide bonds. The number of hydrazone groups is 1. The van der Waals surface area contributed by atoms with Gasteiger partial charge in [-0.2, -0.15) is 5.10 Å². The van der Waals surface area contributed by atoms with Crippen molar-refractivity contribution >= 4 is 28.9 Å². The average Bonchev–Trinajstić information content (AvgIpc) is 2.81. The van der Waals surface area contributed by atoms with Crippen molar-refractivity contribution in [1.29, 1.82) is 0 Å². The minimum atomic E-state index is -0.495. The van der Waals surface area contributed by atoms with E-state index < -0.39 is 17.7 Å². The van der Waals surface area contributed by atoms with Gasteiger partial charge in [-0.3, -0.25) is 4.79 Å². The number of hydrogen-bond acceptors (Lipinski definition) is 4. The number of benzene rings is 4. The highest BCUT2D eigenvalue weighted by atomic mass is 19.1. The SMILES string of the molecule is Cc1ccc(C(=O)Oc2ccc3ccccc3c2/C=N/NC(=O)c2ccc(F)cc2)cc1. The molecule has 0 saturated heterocycles. The summed E-state index contributed by atoms with van der Waals surface area (Å²) in [5, 5.41) is 5.77. The Bertz CT molecular complexity index is 1310. The molecular weight excluding hydrogens is 407 g/mol. The van der Waals surface area contributed by atoms with Gasteiger partial charge in [-0.1, -0.05) is 48.0 Å². The van der Waals surface area contributed by atoms with Crippen LogP contribution in [-0.2, 0) is 0 Å². The summed E-state index contributed by atoms with van der Waals surface area (Å²) in [6.07, 6.45) is 1.43. The fourth-order valence-corrected chi connectivity index (χ4v) is 3.17. The average molecular weight is 426 g/mol. The van der Waals surface area contributed by atoms with Crippen molar-refractivity contribution in [2.45, 2.75) is 6.92 Å². The number of halogens is 1. The summed E-state index contributed by atoms with van der Waals surface area (Å²) in [5.41, 5.74) is 4.70. The Kier molecular flexibility index (Phi) is 6.03. The number of nitrogens with zero attached hydrogens (tertiary/aromatic N) is 1. The summed E-state index contributed by atoms with van der Waals surface area (Å²) in [5.74, 6) is -1.10. The van der Waals surface area contributed by atoms with Crippen LogP contribution in [0.3, 0.4) is 0 Å². The molecule has 4 aromatic carbocycles. The van der Waals surface area contributed by atoms with Gasteiger partial charge in [0.2, 0.25) is 0 Å². The van der Waals surface area contributed by atoms with Crippen LogP contribution in [0.1, 0.15) is 31.8 Å². The zero-order chi connectivity index (χ0) is 22.5. The predicted octanol–water partition coefficient (Wildman–Crippen LogP) is 5.27. The lowest BCUT2D eigenvalue weighted by Gasteiger charge is -2.11. The van der Waals surface area contributed by atoms with E-state index in [0.29, 0.717) is 16.9 Å². The molecule has 0 aliphatic carbocycles. The van der Waals surface area contributed by atoms with Crippen LogP contribution in [0.4, 0.5) is 4.39 Å². The molecule has 4 aromatic rings. The van der Waals surface area contributed by atoms with Gasteiger partial charge in [0, 0.05) is 11.1 Å². The number of fused-ring (bicyclic) bond motifs is 1. The molecule has 4 rings (SSSR count). The molecule has 6 heteroatoms. The third-order valence-corrected chi connectivity index (χ3v) is 4.89. The highest BCUT2D eigenvalue weighted by molar-refractivity contribution is 6.04. The highest BCUT2D eigenvalue weighted by Gasteiger charge is 2.13. The monoisotopic (exact) mass is 426 g/mol. The predicted molar refractivity (Wildman–Crippen MR) is 122 cm³/mol. The number of rotatable bonds is 5. The van der Waals surface area contributed by atoms with Crippen LogP contribution in [0.5, 0.6) is 5.75 Å². The molecule has 0 atom stereocenters. The molecule has 0 bridgehead atoms. The Hall–Kier alpha value is -4.32. The second-order valence-electron chi connectivity index (χ2n) is 7.16. The Morgan fingerprint density at radius 3 is 2.31 bits per heavy atom. The summed E-state index contributed by atoms with van der Waals surface area (Å²) in [4.78, 5) is 24.9. The highest BCUT2D eigenvalue weighted by Crippen LogP contribution is 2.27. The van der Waals surface area contributed by atoms with Crippen molar-refractivity contribution in [3.63, 3.8) is 0 Å². The number of nitrogens with one attached hydrogen (secondary N) is 1. The molecule has 1 N–H and O–H groups in total. The van der Waals surface area contributed by atoms with Gasteiger partial charge in [0.05, 0.1) is 11.8 Å². The second-order valence-corrected chi connectivity index (χ2v) is 7.16. The van der Waals surface area contributed by atoms with Crippen molar-refractivity contribution < 1.29 is 18.7 Å². The van der Waals surface area contributed by atoms with E-state index in [9.17, 15) is 14.0 Å². The summed E-state index contributed by atoms with van der Waals surface area (Å²) in [6, 6.07) is 23.3. The van der Waals surface area contributed by atoms with E-state index in [1.807, 2.05) is 49.4 Å². The molecule has 0 fully saturated rings. The van der Waals surface area contributed by atoms with Crippen LogP contribution >= 0.6 is 0 Å². The minimum absolute atomic E-state index is 0.271. The molecule has 0 saturated carbocycles. The molecule has 0 aliphatic heterocycles. The van der Waals surface area contributed by atoms with Gasteiger partial charge in [-0.25, -0.2) is 14.6 Å². The molecule has 158 valence electrons. The van der Waals surface area contributed by atoms with Crippen LogP contribution in [0.2, 0.25) is 0 Å². The van der Waals surface area contributed by atoms with Crippen molar-refractivity contribution in [3.05, 3.63) is 113 Å². The molecule has 32 heavy (non-hydrogen) atoms. The van der Waals surface area contributed by atoms with E-state index in [1.54, 1.807) is 18.2 Å². The van der Waals surface area contributed by atoms with Gasteiger partial charge >= 0.3 is 5.97 Å². The number of ether oxygens (including phenoxy) is 1. The maximum Gasteiger partial charge on any atom is 0.343 e. The molecule has 0 aliphatic rings. The van der Waals surface area contributed by atoms with E-state index in [4.69, 9.17) is 4.74 Å². The van der Waals surface area contributed by atoms with Gasteiger partial charge in [0.25, 0.3) is 5.91 Å². The van der Waals surface area contributed by atoms with E-state index in [-0.39, 0.29) is 5.56 Å². The van der Waals surface area contributed by atoms with Crippen molar-refractivity contribution in [1.82, 2.24) is 5.43 Å². The van der Waals surface area contributed by atoms with Gasteiger partial charge in [0.1, 0.15) is 11.6 Å². The molecule has 0 heterocycles. The lowest BCUT2D eigenvalue weighted by atomic mass is 10.0. The summed E-state index contributed by atoms with van der Waals surface area (Å²) < 4.78 is 18.7. The maximum absolute atomic E-state index is 13.1. The van der Waals surface area contributed by atoms with Crippen LogP contribution in [0, 0.1) is 12.7 Å². The van der Waals surface area contributed by atoms with Gasteiger partial charge in [-0.15, -0.1) is 0 Å². The normalized spacial score (nSPS) is 10.9. The topological polar surface area (TPSA) is 67.8 Å². The first kappa shape index (κ1) is 20.9. The van der Waals surface area contributed by atoms with Gasteiger partial charge < -0.3 is 4.74 Å². The Morgan fingerprint density at radius 1 is 0.875 bits per heavy atom. The molecule has 0 radical (unpaired) electrons. The fraction of sp³-hybridized carbons (Fsp3) is 0.0385. The lowest BCUT2D eigenvalue weighted by Crippen LogP contribution is -2.17. The van der Waals surface area contributed by atoms with Crippen molar-refractivity contribution in [2.75, 3.05) is 0 Å². The van der Waals surface area contributed by atoms with Crippen molar-refractivity contribution in [2.24, 2.45) is 5.10 Å². The number of carbonyl (C=O) groups excluding carboxylic acids is 2. The van der Waals surface area contributed by atoms with Crippen LogP contribution in [0.15, 0.2) is 90.0 Å². The fourth-order valence-electron chi connectivity index (χ4n) is 3.17. The first-order valence-electron chi connectivity index (χ1n) is 9.91. The summed E-state index contributed by atoms with van der Waals surface area (Å²) >= 11 is 0. The summed E-state index contributed by atoms with van der Waals surface area (Å²) in [7, 11) is 0. The second kappa shape index (κ2) is 9.22. The van der Waals surface area contributed by atoms with Gasteiger partial charge in [0.15, 0.2) is 0 Å². The first-order chi connectivity index (χ1) is 15.5. The quantitative estimate of drug-likeness (QED) is 0.205. The Morgan fingerprint density at radius 2 is 1.56 bits per heavy atom. The van der Waals surface area contributed by atoms with Crippen LogP contribution in [0.25, 0.3) is 10.8 Å². The zero-order valence-electron chi connectivity index (χ0n) is 17.2. The standard InChI is InChI=1S/C26H19FN2O3/c1-17-6-8-20(9-7-17)26(31)32-24-15-12-18-4-2-3-5-22(18)23(24)16-28-29-25(30)19-10-13-21(27)14-11-19/h2-16H,1H3,(H,29,30)/b28-16+. The van der Waals surface area contributed by atoms with Crippen LogP contribution in [-0.4, -0.2) is 18.1 Å². The number of hydrogen-bond donors (Lipinski definition) is 1. The minimum Gasteiger partial charge on any atom is -0.422 e. The Labute approximate surface area is 184 Å². The zero-order valence-corrected chi connectivity index (χ0v) is 17.2. The molecule has 5 nitrogen and oxygen atoms in total. The lowest BCUT2D eigenvalue weighted by molar-refractivity contribution is 0.0734. The molecule has 0 aromatic heterocycles. The largest absolute Gasteiger partial charge is 0.422 e. The maximum atomic E-state index is 13.1. The van der Waals surface area contributed by atoms with E-state index in [0.717, 1.165) is 16.3 Å². The van der Waals surface area contributed by atoms with Crippen molar-refractivity contribution in [3.8, 4) is 5.75 Å². The number of carbonyl (C=O) groups is 2. The van der Waals surface area contributed by atoms with Crippen LogP contribution < -0.4 is 10.2 Å². The number of aryl methyl sites for hydroxylation is 1. The molecule has 0 spiro atoms. The number of amides is 1. The number of esters is 1.